The van der Waals surface area contributed by atoms with E-state index in [1.807, 2.05) is 6.07 Å². The normalized spacial score (nSPS) is 12.0. The van der Waals surface area contributed by atoms with E-state index in [-0.39, 0.29) is 0 Å². The van der Waals surface area contributed by atoms with Gasteiger partial charge in [-0.3, -0.25) is 4.99 Å². The number of rotatable bonds is 11. The molecule has 0 saturated heterocycles. The molecule has 0 spiro atoms. The Morgan fingerprint density at radius 3 is 2.70 bits per heavy atom. The second-order valence-corrected chi connectivity index (χ2v) is 5.64. The van der Waals surface area contributed by atoms with E-state index in [1.54, 1.807) is 14.2 Å². The van der Waals surface area contributed by atoms with Crippen molar-refractivity contribution in [1.29, 1.82) is 0 Å². The molecule has 2 N–H and O–H groups in total. The number of nitrogens with zero attached hydrogens (tertiary/aromatic N) is 2. The Labute approximate surface area is 140 Å². The summed E-state index contributed by atoms with van der Waals surface area (Å²) >= 11 is 0. The molecule has 0 radical (unpaired) electrons. The van der Waals surface area contributed by atoms with Gasteiger partial charge >= 0.3 is 0 Å². The summed E-state index contributed by atoms with van der Waals surface area (Å²) in [4.78, 5) is 4.22. The smallest absolute Gasteiger partial charge is 0.191 e. The number of nitrogens with one attached hydrogen (secondary N) is 2. The molecule has 1 heterocycles. The van der Waals surface area contributed by atoms with E-state index in [0.717, 1.165) is 62.7 Å². The highest BCUT2D eigenvalue weighted by Crippen LogP contribution is 2.22. The van der Waals surface area contributed by atoms with E-state index < -0.39 is 0 Å². The van der Waals surface area contributed by atoms with Crippen molar-refractivity contribution in [3.8, 4) is 0 Å². The predicted molar refractivity (Wildman–Crippen MR) is 93.8 cm³/mol. The molecular weight excluding hydrogens is 292 g/mol. The topological polar surface area (TPSA) is 71.7 Å². The number of hydrogen-bond donors (Lipinski definition) is 2. The van der Waals surface area contributed by atoms with Crippen LogP contribution in [0.4, 0.5) is 0 Å². The van der Waals surface area contributed by atoms with Gasteiger partial charge in [0.2, 0.25) is 0 Å². The molecule has 0 aliphatic rings. The Bertz CT molecular complexity index is 442. The maximum Gasteiger partial charge on any atom is 0.191 e. The van der Waals surface area contributed by atoms with Gasteiger partial charge in [0.1, 0.15) is 0 Å². The van der Waals surface area contributed by atoms with Gasteiger partial charge < -0.3 is 19.9 Å². The van der Waals surface area contributed by atoms with Crippen molar-refractivity contribution < 1.29 is 9.26 Å². The second kappa shape index (κ2) is 11.9. The fraction of sp³-hybridized carbons (Fsp3) is 0.765. The molecule has 1 aromatic heterocycles. The summed E-state index contributed by atoms with van der Waals surface area (Å²) in [6, 6.07) is 2.04. The van der Waals surface area contributed by atoms with Crippen molar-refractivity contribution in [2.75, 3.05) is 27.3 Å². The van der Waals surface area contributed by atoms with Crippen molar-refractivity contribution in [2.24, 2.45) is 4.99 Å². The van der Waals surface area contributed by atoms with Crippen molar-refractivity contribution in [1.82, 2.24) is 15.8 Å². The lowest BCUT2D eigenvalue weighted by atomic mass is 9.99. The predicted octanol–water partition coefficient (Wildman–Crippen LogP) is 3.06. The van der Waals surface area contributed by atoms with Crippen LogP contribution in [0.3, 0.4) is 0 Å². The van der Waals surface area contributed by atoms with E-state index >= 15 is 0 Å². The van der Waals surface area contributed by atoms with E-state index in [4.69, 9.17) is 9.26 Å². The van der Waals surface area contributed by atoms with Crippen LogP contribution in [0.25, 0.3) is 0 Å². The molecule has 0 bridgehead atoms. The molecule has 0 unspecified atom stereocenters. The van der Waals surface area contributed by atoms with E-state index in [2.05, 4.69) is 34.6 Å². The zero-order valence-corrected chi connectivity index (χ0v) is 15.0. The van der Waals surface area contributed by atoms with Gasteiger partial charge in [-0.1, -0.05) is 19.0 Å². The number of hydrogen-bond acceptors (Lipinski definition) is 4. The summed E-state index contributed by atoms with van der Waals surface area (Å²) in [5.74, 6) is 2.12. The molecule has 132 valence electrons. The standard InChI is InChI=1S/C17H32N4O2/c1-5-14(6-2)16-12-15(23-21-16)13-20-17(18-3)19-10-8-7-9-11-22-4/h12,14H,5-11,13H2,1-4H3,(H2,18,19,20). The maximum atomic E-state index is 5.40. The highest BCUT2D eigenvalue weighted by molar-refractivity contribution is 5.79. The first kappa shape index (κ1) is 19.5. The molecule has 0 aliphatic heterocycles. The first-order valence-electron chi connectivity index (χ1n) is 8.64. The summed E-state index contributed by atoms with van der Waals surface area (Å²) in [7, 11) is 3.51. The number of aromatic nitrogens is 1. The average Bonchev–Trinajstić information content (AvgIpc) is 3.03. The van der Waals surface area contributed by atoms with Crippen LogP contribution in [-0.2, 0) is 11.3 Å². The molecule has 0 aromatic carbocycles. The third kappa shape index (κ3) is 7.50. The number of methoxy groups -OCH3 is 1. The lowest BCUT2D eigenvalue weighted by molar-refractivity contribution is 0.192. The summed E-state index contributed by atoms with van der Waals surface area (Å²) in [5, 5.41) is 10.7. The summed E-state index contributed by atoms with van der Waals surface area (Å²) in [6.45, 7) is 6.69. The van der Waals surface area contributed by atoms with Crippen LogP contribution in [-0.4, -0.2) is 38.4 Å². The average molecular weight is 324 g/mol. The molecule has 0 saturated carbocycles. The molecule has 6 nitrogen and oxygen atoms in total. The Morgan fingerprint density at radius 1 is 1.26 bits per heavy atom. The maximum absolute atomic E-state index is 5.40. The summed E-state index contributed by atoms with van der Waals surface area (Å²) in [6.07, 6.45) is 5.52. The Morgan fingerprint density at radius 2 is 2.04 bits per heavy atom. The van der Waals surface area contributed by atoms with Crippen LogP contribution in [0.15, 0.2) is 15.6 Å². The molecule has 23 heavy (non-hydrogen) atoms. The molecule has 0 amide bonds. The van der Waals surface area contributed by atoms with Crippen LogP contribution < -0.4 is 10.6 Å². The number of unbranched alkanes of at least 4 members (excludes halogenated alkanes) is 2. The monoisotopic (exact) mass is 324 g/mol. The van der Waals surface area contributed by atoms with Crippen LogP contribution in [0, 0.1) is 0 Å². The van der Waals surface area contributed by atoms with Gasteiger partial charge in [-0.05, 0) is 32.1 Å². The Balaban J connectivity index is 2.29. The van der Waals surface area contributed by atoms with Gasteiger partial charge in [0, 0.05) is 39.3 Å². The van der Waals surface area contributed by atoms with Crippen LogP contribution >= 0.6 is 0 Å². The van der Waals surface area contributed by atoms with Crippen LogP contribution in [0.1, 0.15) is 63.3 Å². The summed E-state index contributed by atoms with van der Waals surface area (Å²) in [5.41, 5.74) is 1.05. The summed E-state index contributed by atoms with van der Waals surface area (Å²) < 4.78 is 10.4. The highest BCUT2D eigenvalue weighted by Gasteiger charge is 2.13. The third-order valence-electron chi connectivity index (χ3n) is 3.95. The first-order chi connectivity index (χ1) is 11.2. The van der Waals surface area contributed by atoms with E-state index in [9.17, 15) is 0 Å². The quantitative estimate of drug-likeness (QED) is 0.372. The van der Waals surface area contributed by atoms with Gasteiger partial charge in [-0.15, -0.1) is 0 Å². The Hall–Kier alpha value is -1.56. The van der Waals surface area contributed by atoms with Crippen molar-refractivity contribution in [3.05, 3.63) is 17.5 Å². The van der Waals surface area contributed by atoms with Crippen molar-refractivity contribution in [3.63, 3.8) is 0 Å². The van der Waals surface area contributed by atoms with Crippen LogP contribution in [0.2, 0.25) is 0 Å². The van der Waals surface area contributed by atoms with Crippen molar-refractivity contribution in [2.45, 2.75) is 58.4 Å². The first-order valence-corrected chi connectivity index (χ1v) is 8.64. The SMILES string of the molecule is CCC(CC)c1cc(CNC(=NC)NCCCCCOC)on1. The lowest BCUT2D eigenvalue weighted by Crippen LogP contribution is -2.37. The van der Waals surface area contributed by atoms with Gasteiger partial charge in [-0.2, -0.15) is 0 Å². The highest BCUT2D eigenvalue weighted by atomic mass is 16.5. The number of guanidine groups is 1. The van der Waals surface area contributed by atoms with Gasteiger partial charge in [-0.25, -0.2) is 0 Å². The largest absolute Gasteiger partial charge is 0.385 e. The van der Waals surface area contributed by atoms with Crippen LogP contribution in [0.5, 0.6) is 0 Å². The molecule has 0 aliphatic carbocycles. The molecule has 1 aromatic rings. The van der Waals surface area contributed by atoms with Crippen molar-refractivity contribution >= 4 is 5.96 Å². The molecule has 0 atom stereocenters. The van der Waals surface area contributed by atoms with Gasteiger partial charge in [0.25, 0.3) is 0 Å². The zero-order chi connectivity index (χ0) is 16.9. The molecule has 0 fully saturated rings. The Kier molecular flexibility index (Phi) is 10.1. The number of aliphatic imine (C=N–C) groups is 1. The second-order valence-electron chi connectivity index (χ2n) is 5.64. The fourth-order valence-electron chi connectivity index (χ4n) is 2.46. The fourth-order valence-corrected chi connectivity index (χ4v) is 2.46. The lowest BCUT2D eigenvalue weighted by Gasteiger charge is -2.10. The molecule has 1 rings (SSSR count). The zero-order valence-electron chi connectivity index (χ0n) is 15.0. The number of ether oxygens (including phenoxy) is 1. The third-order valence-corrected chi connectivity index (χ3v) is 3.95. The van der Waals surface area contributed by atoms with E-state index in [1.165, 1.54) is 0 Å². The van der Waals surface area contributed by atoms with Gasteiger partial charge in [0.15, 0.2) is 11.7 Å². The van der Waals surface area contributed by atoms with E-state index in [0.29, 0.717) is 12.5 Å². The molecule has 6 heteroatoms. The minimum absolute atomic E-state index is 0.483. The minimum atomic E-state index is 0.483. The minimum Gasteiger partial charge on any atom is -0.385 e. The van der Waals surface area contributed by atoms with Gasteiger partial charge in [0.05, 0.1) is 12.2 Å². The molecular formula is C17H32N4O2.